The predicted molar refractivity (Wildman–Crippen MR) is 77.1 cm³/mol. The summed E-state index contributed by atoms with van der Waals surface area (Å²) in [4.78, 5) is 12.0. The van der Waals surface area contributed by atoms with Crippen LogP contribution in [0.1, 0.15) is 15.9 Å². The normalized spacial score (nSPS) is 10.2. The lowest BCUT2D eigenvalue weighted by molar-refractivity contribution is 0.0946. The Labute approximate surface area is 126 Å². The van der Waals surface area contributed by atoms with E-state index in [9.17, 15) is 13.6 Å². The number of nitrogens with one attached hydrogen (secondary N) is 1. The number of hydrogen-bond donors (Lipinski definition) is 1. The maximum absolute atomic E-state index is 13.6. The van der Waals surface area contributed by atoms with Gasteiger partial charge in [0.1, 0.15) is 23.1 Å². The molecule has 0 aromatic heterocycles. The van der Waals surface area contributed by atoms with Crippen LogP contribution in [0.25, 0.3) is 0 Å². The van der Waals surface area contributed by atoms with Gasteiger partial charge in [0.2, 0.25) is 0 Å². The van der Waals surface area contributed by atoms with Crippen molar-refractivity contribution in [1.82, 2.24) is 5.32 Å². The average molecular weight is 307 g/mol. The summed E-state index contributed by atoms with van der Waals surface area (Å²) in [6.07, 6.45) is 0. The summed E-state index contributed by atoms with van der Waals surface area (Å²) >= 11 is 0. The molecule has 0 spiro atoms. The summed E-state index contributed by atoms with van der Waals surface area (Å²) < 4.78 is 37.1. The Morgan fingerprint density at radius 3 is 2.32 bits per heavy atom. The molecule has 0 saturated heterocycles. The van der Waals surface area contributed by atoms with Gasteiger partial charge >= 0.3 is 0 Å². The molecule has 1 amide bonds. The summed E-state index contributed by atoms with van der Waals surface area (Å²) in [6.45, 7) is 0.0575. The van der Waals surface area contributed by atoms with E-state index in [0.717, 1.165) is 18.2 Å². The van der Waals surface area contributed by atoms with Gasteiger partial charge in [0.15, 0.2) is 0 Å². The van der Waals surface area contributed by atoms with Gasteiger partial charge in [0, 0.05) is 0 Å². The monoisotopic (exact) mass is 307 g/mol. The number of carbonyl (C=O) groups excluding carboxylic acids is 1. The minimum atomic E-state index is -0.786. The maximum Gasteiger partial charge on any atom is 0.254 e. The Balaban J connectivity index is 2.19. The molecule has 0 radical (unpaired) electrons. The van der Waals surface area contributed by atoms with Gasteiger partial charge in [-0.3, -0.25) is 4.79 Å². The van der Waals surface area contributed by atoms with Gasteiger partial charge in [0.05, 0.1) is 31.9 Å². The minimum absolute atomic E-state index is 0.0575. The van der Waals surface area contributed by atoms with E-state index >= 15 is 0 Å². The summed E-state index contributed by atoms with van der Waals surface area (Å²) in [7, 11) is 2.98. The number of methoxy groups -OCH3 is 2. The van der Waals surface area contributed by atoms with Crippen molar-refractivity contribution in [3.8, 4) is 11.5 Å². The average Bonchev–Trinajstić information content (AvgIpc) is 2.54. The molecule has 0 bridgehead atoms. The Hall–Kier alpha value is -2.63. The van der Waals surface area contributed by atoms with Gasteiger partial charge in [-0.2, -0.15) is 0 Å². The van der Waals surface area contributed by atoms with Crippen LogP contribution in [0.3, 0.4) is 0 Å². The first kappa shape index (κ1) is 15.8. The first-order valence-corrected chi connectivity index (χ1v) is 6.50. The molecule has 22 heavy (non-hydrogen) atoms. The SMILES string of the molecule is COc1cccc(OC)c1CNC(=O)c1cc(F)ccc1F. The van der Waals surface area contributed by atoms with E-state index in [2.05, 4.69) is 5.32 Å². The molecular weight excluding hydrogens is 292 g/mol. The second-order valence-corrected chi connectivity index (χ2v) is 4.45. The zero-order valence-electron chi connectivity index (χ0n) is 12.2. The van der Waals surface area contributed by atoms with E-state index < -0.39 is 17.5 Å². The topological polar surface area (TPSA) is 47.6 Å². The van der Waals surface area contributed by atoms with Crippen molar-refractivity contribution >= 4 is 5.91 Å². The fourth-order valence-electron chi connectivity index (χ4n) is 2.04. The Bertz CT molecular complexity index is 667. The highest BCUT2D eigenvalue weighted by Gasteiger charge is 2.15. The number of hydrogen-bond acceptors (Lipinski definition) is 3. The lowest BCUT2D eigenvalue weighted by Gasteiger charge is -2.13. The standard InChI is InChI=1S/C16H15F2NO3/c1-21-14-4-3-5-15(22-2)12(14)9-19-16(20)11-8-10(17)6-7-13(11)18/h3-8H,9H2,1-2H3,(H,19,20). The maximum atomic E-state index is 13.6. The molecule has 4 nitrogen and oxygen atoms in total. The van der Waals surface area contributed by atoms with Crippen molar-refractivity contribution in [3.05, 3.63) is 59.2 Å². The van der Waals surface area contributed by atoms with Crippen molar-refractivity contribution in [2.24, 2.45) is 0 Å². The third-order valence-corrected chi connectivity index (χ3v) is 3.13. The highest BCUT2D eigenvalue weighted by molar-refractivity contribution is 5.94. The van der Waals surface area contributed by atoms with Crippen molar-refractivity contribution in [2.75, 3.05) is 14.2 Å². The molecule has 0 atom stereocenters. The van der Waals surface area contributed by atoms with Gasteiger partial charge in [-0.15, -0.1) is 0 Å². The highest BCUT2D eigenvalue weighted by atomic mass is 19.1. The third-order valence-electron chi connectivity index (χ3n) is 3.13. The van der Waals surface area contributed by atoms with Crippen LogP contribution >= 0.6 is 0 Å². The number of amides is 1. The molecule has 1 N–H and O–H groups in total. The van der Waals surface area contributed by atoms with Crippen molar-refractivity contribution in [2.45, 2.75) is 6.54 Å². The Kier molecular flexibility index (Phi) is 4.93. The molecule has 2 aromatic rings. The van der Waals surface area contributed by atoms with Gasteiger partial charge < -0.3 is 14.8 Å². The van der Waals surface area contributed by atoms with Crippen LogP contribution in [0.5, 0.6) is 11.5 Å². The van der Waals surface area contributed by atoms with Crippen LogP contribution in [-0.4, -0.2) is 20.1 Å². The number of ether oxygens (including phenoxy) is 2. The summed E-state index contributed by atoms with van der Waals surface area (Å²) in [5, 5.41) is 2.53. The Morgan fingerprint density at radius 2 is 1.73 bits per heavy atom. The molecule has 0 aliphatic rings. The van der Waals surface area contributed by atoms with E-state index in [1.54, 1.807) is 18.2 Å². The van der Waals surface area contributed by atoms with E-state index in [0.29, 0.717) is 17.1 Å². The largest absolute Gasteiger partial charge is 0.496 e. The van der Waals surface area contributed by atoms with Crippen molar-refractivity contribution in [1.29, 1.82) is 0 Å². The van der Waals surface area contributed by atoms with Crippen molar-refractivity contribution in [3.63, 3.8) is 0 Å². The molecule has 0 saturated carbocycles. The van der Waals surface area contributed by atoms with Gasteiger partial charge in [-0.25, -0.2) is 8.78 Å². The molecule has 0 fully saturated rings. The number of halogens is 2. The van der Waals surface area contributed by atoms with E-state index in [-0.39, 0.29) is 12.1 Å². The minimum Gasteiger partial charge on any atom is -0.496 e. The van der Waals surface area contributed by atoms with E-state index in [1.165, 1.54) is 14.2 Å². The van der Waals surface area contributed by atoms with Crippen LogP contribution in [0.2, 0.25) is 0 Å². The summed E-state index contributed by atoms with van der Waals surface area (Å²) in [6, 6.07) is 7.89. The lowest BCUT2D eigenvalue weighted by Crippen LogP contribution is -2.24. The zero-order valence-corrected chi connectivity index (χ0v) is 12.2. The fourth-order valence-corrected chi connectivity index (χ4v) is 2.04. The summed E-state index contributed by atoms with van der Waals surface area (Å²) in [5.41, 5.74) is 0.256. The Morgan fingerprint density at radius 1 is 1.09 bits per heavy atom. The van der Waals surface area contributed by atoms with Gasteiger partial charge in [-0.05, 0) is 30.3 Å². The lowest BCUT2D eigenvalue weighted by atomic mass is 10.1. The molecule has 2 aromatic carbocycles. The molecule has 0 aliphatic heterocycles. The first-order chi connectivity index (χ1) is 10.6. The number of benzene rings is 2. The van der Waals surface area contributed by atoms with E-state index in [4.69, 9.17) is 9.47 Å². The second-order valence-electron chi connectivity index (χ2n) is 4.45. The van der Waals surface area contributed by atoms with E-state index in [1.807, 2.05) is 0 Å². The van der Waals surface area contributed by atoms with Crippen LogP contribution in [0.4, 0.5) is 8.78 Å². The molecule has 0 heterocycles. The third kappa shape index (κ3) is 3.33. The quantitative estimate of drug-likeness (QED) is 0.924. The predicted octanol–water partition coefficient (Wildman–Crippen LogP) is 2.91. The van der Waals surface area contributed by atoms with Crippen LogP contribution in [-0.2, 0) is 6.54 Å². The smallest absolute Gasteiger partial charge is 0.254 e. The molecule has 0 aliphatic carbocycles. The molecular formula is C16H15F2NO3. The zero-order chi connectivity index (χ0) is 16.1. The number of rotatable bonds is 5. The van der Waals surface area contributed by atoms with Crippen molar-refractivity contribution < 1.29 is 23.0 Å². The second kappa shape index (κ2) is 6.89. The molecule has 116 valence electrons. The highest BCUT2D eigenvalue weighted by Crippen LogP contribution is 2.28. The first-order valence-electron chi connectivity index (χ1n) is 6.50. The molecule has 6 heteroatoms. The van der Waals surface area contributed by atoms with Gasteiger partial charge in [0.25, 0.3) is 5.91 Å². The molecule has 2 rings (SSSR count). The number of carbonyl (C=O) groups is 1. The van der Waals surface area contributed by atoms with Gasteiger partial charge in [-0.1, -0.05) is 6.07 Å². The summed E-state index contributed by atoms with van der Waals surface area (Å²) in [5.74, 6) is -1.13. The van der Waals surface area contributed by atoms with Crippen LogP contribution in [0.15, 0.2) is 36.4 Å². The molecule has 0 unspecified atom stereocenters. The fraction of sp³-hybridized carbons (Fsp3) is 0.188. The van der Waals surface area contributed by atoms with Crippen LogP contribution < -0.4 is 14.8 Å². The van der Waals surface area contributed by atoms with Crippen LogP contribution in [0, 0.1) is 11.6 Å².